The van der Waals surface area contributed by atoms with E-state index in [2.05, 4.69) is 39.2 Å². The zero-order valence-corrected chi connectivity index (χ0v) is 10.3. The fraction of sp³-hybridized carbons (Fsp3) is 0.0667. The Balaban J connectivity index is 2.30. The van der Waals surface area contributed by atoms with Crippen LogP contribution in [0.25, 0.3) is 32.7 Å². The van der Waals surface area contributed by atoms with Gasteiger partial charge in [0, 0.05) is 22.4 Å². The predicted molar refractivity (Wildman–Crippen MR) is 76.5 cm³/mol. The van der Waals surface area contributed by atoms with E-state index in [9.17, 15) is 4.79 Å². The minimum absolute atomic E-state index is 0.219. The summed E-state index contributed by atoms with van der Waals surface area (Å²) in [4.78, 5) is 21.6. The summed E-state index contributed by atoms with van der Waals surface area (Å²) in [6, 6.07) is 10.3. The second kappa shape index (κ2) is 3.45. The van der Waals surface area contributed by atoms with Crippen LogP contribution < -0.4 is 5.69 Å². The van der Waals surface area contributed by atoms with Crippen molar-refractivity contribution in [3.63, 3.8) is 0 Å². The molecule has 0 spiro atoms. The number of aryl methyl sites for hydroxylation is 1. The van der Waals surface area contributed by atoms with Crippen LogP contribution in [0.15, 0.2) is 41.3 Å². The fourth-order valence-corrected chi connectivity index (χ4v) is 2.57. The number of rotatable bonds is 0. The van der Waals surface area contributed by atoms with E-state index < -0.39 is 0 Å². The molecule has 4 aromatic rings. The molecule has 2 aromatic heterocycles. The minimum atomic E-state index is -0.219. The molecule has 19 heavy (non-hydrogen) atoms. The van der Waals surface area contributed by atoms with E-state index in [1.807, 2.05) is 13.0 Å². The molecule has 0 atom stereocenters. The summed E-state index contributed by atoms with van der Waals surface area (Å²) in [5.41, 5.74) is 3.57. The molecule has 0 unspecified atom stereocenters. The van der Waals surface area contributed by atoms with E-state index in [-0.39, 0.29) is 5.69 Å². The fourth-order valence-electron chi connectivity index (χ4n) is 2.57. The van der Waals surface area contributed by atoms with Crippen LogP contribution in [0.3, 0.4) is 0 Å². The van der Waals surface area contributed by atoms with Crippen LogP contribution >= 0.6 is 0 Å². The molecule has 4 rings (SSSR count). The lowest BCUT2D eigenvalue weighted by Gasteiger charge is -1.98. The van der Waals surface area contributed by atoms with E-state index in [4.69, 9.17) is 0 Å². The maximum Gasteiger partial charge on any atom is 0.323 e. The number of hydrogen-bond donors (Lipinski definition) is 2. The summed E-state index contributed by atoms with van der Waals surface area (Å²) >= 11 is 0. The Morgan fingerprint density at radius 1 is 1.11 bits per heavy atom. The Morgan fingerprint density at radius 3 is 2.84 bits per heavy atom. The summed E-state index contributed by atoms with van der Waals surface area (Å²) in [7, 11) is 0. The molecule has 0 fully saturated rings. The molecular formula is C15H11N3O. The molecule has 92 valence electrons. The number of benzene rings is 2. The van der Waals surface area contributed by atoms with Gasteiger partial charge in [-0.2, -0.15) is 0 Å². The van der Waals surface area contributed by atoms with Crippen molar-refractivity contribution < 1.29 is 0 Å². The van der Waals surface area contributed by atoms with Crippen molar-refractivity contribution in [2.24, 2.45) is 0 Å². The first-order valence-corrected chi connectivity index (χ1v) is 6.13. The van der Waals surface area contributed by atoms with Crippen LogP contribution in [0.5, 0.6) is 0 Å². The Bertz CT molecular complexity index is 995. The van der Waals surface area contributed by atoms with Gasteiger partial charge in [0.25, 0.3) is 0 Å². The molecule has 0 radical (unpaired) electrons. The second-order valence-corrected chi connectivity index (χ2v) is 4.80. The van der Waals surface area contributed by atoms with Gasteiger partial charge in [0.2, 0.25) is 0 Å². The quantitative estimate of drug-likeness (QED) is 0.503. The average Bonchev–Trinajstić information content (AvgIpc) is 2.76. The third kappa shape index (κ3) is 1.40. The standard InChI is InChI=1S/C15H11N3O/c1-8-2-4-10-11-5-3-9-7-16-15(19)18-13(9)14(11)17-12(10)6-8/h2-7H,1H3,(H2,16,18,19). The number of hydrogen-bond acceptors (Lipinski definition) is 2. The highest BCUT2D eigenvalue weighted by atomic mass is 16.1. The molecule has 2 N–H and O–H groups in total. The van der Waals surface area contributed by atoms with Crippen LogP contribution in [0.1, 0.15) is 5.56 Å². The van der Waals surface area contributed by atoms with Gasteiger partial charge in [0.15, 0.2) is 0 Å². The molecule has 0 bridgehead atoms. The van der Waals surface area contributed by atoms with Crippen LogP contribution in [0, 0.1) is 6.92 Å². The van der Waals surface area contributed by atoms with Crippen molar-refractivity contribution in [3.05, 3.63) is 52.6 Å². The SMILES string of the molecule is Cc1ccc2c(c1)nc1c2ccc2c[nH]c(=O)[nH]c21. The third-order valence-corrected chi connectivity index (χ3v) is 3.48. The smallest absolute Gasteiger partial charge is 0.314 e. The minimum Gasteiger partial charge on any atom is -0.314 e. The molecule has 4 heteroatoms. The number of fused-ring (bicyclic) bond motifs is 5. The van der Waals surface area contributed by atoms with Gasteiger partial charge in [-0.05, 0) is 18.6 Å². The zero-order valence-electron chi connectivity index (χ0n) is 10.3. The normalized spacial score (nSPS) is 11.6. The molecule has 0 amide bonds. The van der Waals surface area contributed by atoms with Crippen molar-refractivity contribution >= 4 is 32.7 Å². The van der Waals surface area contributed by atoms with E-state index in [0.717, 1.165) is 32.7 Å². The van der Waals surface area contributed by atoms with E-state index in [0.29, 0.717) is 0 Å². The highest BCUT2D eigenvalue weighted by molar-refractivity contribution is 6.15. The Hall–Kier alpha value is -2.62. The first kappa shape index (κ1) is 10.3. The number of aromatic amines is 2. The van der Waals surface area contributed by atoms with Gasteiger partial charge in [0.1, 0.15) is 0 Å². The van der Waals surface area contributed by atoms with Crippen LogP contribution in [-0.4, -0.2) is 15.0 Å². The van der Waals surface area contributed by atoms with Crippen molar-refractivity contribution in [2.45, 2.75) is 6.92 Å². The second-order valence-electron chi connectivity index (χ2n) is 4.80. The summed E-state index contributed by atoms with van der Waals surface area (Å²) in [5.74, 6) is 0. The third-order valence-electron chi connectivity index (χ3n) is 3.48. The van der Waals surface area contributed by atoms with Gasteiger partial charge in [0.05, 0.1) is 16.6 Å². The molecular weight excluding hydrogens is 238 g/mol. The van der Waals surface area contributed by atoms with E-state index in [1.165, 1.54) is 5.56 Å². The first-order valence-electron chi connectivity index (χ1n) is 6.13. The van der Waals surface area contributed by atoms with Crippen LogP contribution in [0.2, 0.25) is 0 Å². The summed E-state index contributed by atoms with van der Waals surface area (Å²) in [6.45, 7) is 2.05. The Kier molecular flexibility index (Phi) is 1.87. The number of nitrogens with one attached hydrogen (secondary N) is 2. The highest BCUT2D eigenvalue weighted by Gasteiger charge is 2.09. The van der Waals surface area contributed by atoms with Gasteiger partial charge in [-0.15, -0.1) is 0 Å². The number of nitrogens with zero attached hydrogens (tertiary/aromatic N) is 1. The van der Waals surface area contributed by atoms with E-state index >= 15 is 0 Å². The topological polar surface area (TPSA) is 61.5 Å². The lowest BCUT2D eigenvalue weighted by atomic mass is 10.1. The van der Waals surface area contributed by atoms with Gasteiger partial charge < -0.3 is 9.97 Å². The molecule has 4 nitrogen and oxygen atoms in total. The summed E-state index contributed by atoms with van der Waals surface area (Å²) in [5, 5.41) is 3.15. The molecule has 2 aromatic carbocycles. The van der Waals surface area contributed by atoms with E-state index in [1.54, 1.807) is 6.20 Å². The average molecular weight is 249 g/mol. The molecule has 0 saturated heterocycles. The number of H-pyrrole nitrogens is 2. The van der Waals surface area contributed by atoms with Crippen LogP contribution in [0.4, 0.5) is 0 Å². The zero-order chi connectivity index (χ0) is 13.0. The summed E-state index contributed by atoms with van der Waals surface area (Å²) < 4.78 is 0. The van der Waals surface area contributed by atoms with Gasteiger partial charge in [-0.3, -0.25) is 0 Å². The maximum atomic E-state index is 11.5. The Labute approximate surface area is 108 Å². The van der Waals surface area contributed by atoms with Gasteiger partial charge >= 0.3 is 5.69 Å². The van der Waals surface area contributed by atoms with Crippen molar-refractivity contribution in [1.29, 1.82) is 0 Å². The van der Waals surface area contributed by atoms with Crippen molar-refractivity contribution in [2.75, 3.05) is 0 Å². The predicted octanol–water partition coefficient (Wildman–Crippen LogP) is 2.87. The Morgan fingerprint density at radius 2 is 1.95 bits per heavy atom. The molecule has 0 aliphatic heterocycles. The highest BCUT2D eigenvalue weighted by Crippen LogP contribution is 2.29. The maximum absolute atomic E-state index is 11.5. The van der Waals surface area contributed by atoms with Crippen LogP contribution in [-0.2, 0) is 0 Å². The monoisotopic (exact) mass is 249 g/mol. The van der Waals surface area contributed by atoms with Crippen molar-refractivity contribution in [3.8, 4) is 0 Å². The largest absolute Gasteiger partial charge is 0.323 e. The number of aromatic nitrogens is 3. The lowest BCUT2D eigenvalue weighted by Crippen LogP contribution is -2.08. The lowest BCUT2D eigenvalue weighted by molar-refractivity contribution is 1.12. The van der Waals surface area contributed by atoms with Gasteiger partial charge in [-0.1, -0.05) is 24.3 Å². The van der Waals surface area contributed by atoms with Crippen molar-refractivity contribution in [1.82, 2.24) is 15.0 Å². The molecule has 0 aliphatic rings. The molecule has 2 heterocycles. The summed E-state index contributed by atoms with van der Waals surface area (Å²) in [6.07, 6.45) is 1.71. The molecule has 0 saturated carbocycles. The first-order chi connectivity index (χ1) is 9.22. The van der Waals surface area contributed by atoms with Gasteiger partial charge in [-0.25, -0.2) is 9.78 Å². The molecule has 0 aliphatic carbocycles.